The highest BCUT2D eigenvalue weighted by atomic mass is 79.9. The van der Waals surface area contributed by atoms with Gasteiger partial charge in [0.15, 0.2) is 0 Å². The smallest absolute Gasteiger partial charge is 0.224 e. The van der Waals surface area contributed by atoms with Crippen LogP contribution in [0.25, 0.3) is 0 Å². The summed E-state index contributed by atoms with van der Waals surface area (Å²) in [5, 5.41) is 9.21. The number of ether oxygens (including phenoxy) is 1. The molecule has 0 unspecified atom stereocenters. The molecule has 2 aromatic rings. The molecule has 0 amide bonds. The number of pyridine rings is 1. The fourth-order valence-corrected chi connectivity index (χ4v) is 1.82. The molecule has 0 radical (unpaired) electrons. The zero-order valence-corrected chi connectivity index (χ0v) is 11.4. The van der Waals surface area contributed by atoms with Crippen molar-refractivity contribution in [3.8, 4) is 11.6 Å². The number of hydrogen-bond donors (Lipinski definition) is 1. The Labute approximate surface area is 116 Å². The highest BCUT2D eigenvalue weighted by molar-refractivity contribution is 9.10. The SMILES string of the molecule is OCc1cc(Br)cnc1Oc1ccc(Cl)c(F)c1. The van der Waals surface area contributed by atoms with Crippen LogP contribution >= 0.6 is 27.5 Å². The second kappa shape index (κ2) is 5.65. The molecule has 0 bridgehead atoms. The van der Waals surface area contributed by atoms with E-state index in [4.69, 9.17) is 16.3 Å². The molecule has 0 fully saturated rings. The monoisotopic (exact) mass is 331 g/mol. The molecule has 0 atom stereocenters. The average Bonchev–Trinajstić information content (AvgIpc) is 2.36. The molecule has 0 saturated heterocycles. The van der Waals surface area contributed by atoms with Crippen LogP contribution in [0.5, 0.6) is 11.6 Å². The minimum Gasteiger partial charge on any atom is -0.439 e. The van der Waals surface area contributed by atoms with Gasteiger partial charge in [-0.2, -0.15) is 0 Å². The van der Waals surface area contributed by atoms with Crippen molar-refractivity contribution >= 4 is 27.5 Å². The van der Waals surface area contributed by atoms with Gasteiger partial charge >= 0.3 is 0 Å². The molecular weight excluding hydrogens is 324 g/mol. The van der Waals surface area contributed by atoms with Crippen molar-refractivity contribution in [2.75, 3.05) is 0 Å². The molecule has 1 aromatic heterocycles. The van der Waals surface area contributed by atoms with Gasteiger partial charge in [0.2, 0.25) is 5.88 Å². The normalized spacial score (nSPS) is 10.4. The quantitative estimate of drug-likeness (QED) is 0.926. The van der Waals surface area contributed by atoms with Crippen molar-refractivity contribution in [3.05, 3.63) is 51.3 Å². The van der Waals surface area contributed by atoms with Crippen LogP contribution in [0.15, 0.2) is 34.9 Å². The van der Waals surface area contributed by atoms with E-state index >= 15 is 0 Å². The van der Waals surface area contributed by atoms with Gasteiger partial charge in [0.25, 0.3) is 0 Å². The summed E-state index contributed by atoms with van der Waals surface area (Å²) in [4.78, 5) is 4.01. The zero-order valence-electron chi connectivity index (χ0n) is 9.03. The lowest BCUT2D eigenvalue weighted by Crippen LogP contribution is -1.95. The third-order valence-electron chi connectivity index (χ3n) is 2.17. The standard InChI is InChI=1S/C12H8BrClFNO2/c13-8-3-7(6-17)12(16-5-8)18-9-1-2-10(14)11(15)4-9/h1-5,17H,6H2. The van der Waals surface area contributed by atoms with Crippen molar-refractivity contribution in [1.29, 1.82) is 0 Å². The van der Waals surface area contributed by atoms with Crippen LogP contribution in [-0.2, 0) is 6.61 Å². The van der Waals surface area contributed by atoms with Crippen molar-refractivity contribution in [1.82, 2.24) is 4.98 Å². The molecule has 18 heavy (non-hydrogen) atoms. The lowest BCUT2D eigenvalue weighted by atomic mass is 10.3. The summed E-state index contributed by atoms with van der Waals surface area (Å²) < 4.78 is 19.4. The molecule has 0 saturated carbocycles. The summed E-state index contributed by atoms with van der Waals surface area (Å²) in [7, 11) is 0. The van der Waals surface area contributed by atoms with Gasteiger partial charge in [-0.05, 0) is 34.1 Å². The van der Waals surface area contributed by atoms with Crippen LogP contribution in [0.3, 0.4) is 0 Å². The highest BCUT2D eigenvalue weighted by Crippen LogP contribution is 2.27. The summed E-state index contributed by atoms with van der Waals surface area (Å²) in [5.41, 5.74) is 0.500. The molecule has 2 rings (SSSR count). The fraction of sp³-hybridized carbons (Fsp3) is 0.0833. The molecule has 1 N–H and O–H groups in total. The Morgan fingerprint density at radius 2 is 2.17 bits per heavy atom. The van der Waals surface area contributed by atoms with Crippen LogP contribution < -0.4 is 4.74 Å². The van der Waals surface area contributed by atoms with E-state index in [2.05, 4.69) is 20.9 Å². The maximum absolute atomic E-state index is 13.2. The third kappa shape index (κ3) is 2.98. The van der Waals surface area contributed by atoms with Crippen LogP contribution in [0.2, 0.25) is 5.02 Å². The Bertz CT molecular complexity index is 580. The number of aliphatic hydroxyl groups excluding tert-OH is 1. The number of halogens is 3. The molecule has 0 aliphatic rings. The van der Waals surface area contributed by atoms with Gasteiger partial charge in [0.05, 0.1) is 11.6 Å². The Balaban J connectivity index is 2.30. The van der Waals surface area contributed by atoms with E-state index in [9.17, 15) is 9.50 Å². The summed E-state index contributed by atoms with van der Waals surface area (Å²) in [6.45, 7) is -0.224. The second-order valence-electron chi connectivity index (χ2n) is 3.45. The Morgan fingerprint density at radius 3 is 2.83 bits per heavy atom. The van der Waals surface area contributed by atoms with Crippen LogP contribution in [0, 0.1) is 5.82 Å². The predicted molar refractivity (Wildman–Crippen MR) is 69.3 cm³/mol. The maximum Gasteiger partial charge on any atom is 0.224 e. The van der Waals surface area contributed by atoms with E-state index in [1.54, 1.807) is 6.07 Å². The average molecular weight is 333 g/mol. The Morgan fingerprint density at radius 1 is 1.39 bits per heavy atom. The van der Waals surface area contributed by atoms with E-state index in [0.717, 1.165) is 10.5 Å². The summed E-state index contributed by atoms with van der Waals surface area (Å²) in [6.07, 6.45) is 1.53. The van der Waals surface area contributed by atoms with E-state index in [0.29, 0.717) is 5.56 Å². The van der Waals surface area contributed by atoms with Gasteiger partial charge in [0.1, 0.15) is 11.6 Å². The van der Waals surface area contributed by atoms with E-state index in [-0.39, 0.29) is 23.3 Å². The first-order chi connectivity index (χ1) is 8.60. The molecule has 6 heteroatoms. The fourth-order valence-electron chi connectivity index (χ4n) is 1.33. The van der Waals surface area contributed by atoms with Gasteiger partial charge in [-0.1, -0.05) is 11.6 Å². The molecule has 94 valence electrons. The van der Waals surface area contributed by atoms with Gasteiger partial charge in [-0.25, -0.2) is 9.37 Å². The van der Waals surface area contributed by atoms with Crippen molar-refractivity contribution in [3.63, 3.8) is 0 Å². The first kappa shape index (κ1) is 13.3. The molecule has 1 heterocycles. The predicted octanol–water partition coefficient (Wildman–Crippen LogP) is 3.92. The molecule has 1 aromatic carbocycles. The minimum absolute atomic E-state index is 0.0218. The topological polar surface area (TPSA) is 42.4 Å². The Hall–Kier alpha value is -1.17. The van der Waals surface area contributed by atoms with Gasteiger partial charge < -0.3 is 9.84 Å². The minimum atomic E-state index is -0.572. The van der Waals surface area contributed by atoms with Gasteiger partial charge in [-0.15, -0.1) is 0 Å². The zero-order chi connectivity index (χ0) is 13.1. The van der Waals surface area contributed by atoms with Crippen LogP contribution in [0.1, 0.15) is 5.56 Å². The first-order valence-corrected chi connectivity index (χ1v) is 6.15. The number of aromatic nitrogens is 1. The molecular formula is C12H8BrClFNO2. The maximum atomic E-state index is 13.2. The number of nitrogens with zero attached hydrogens (tertiary/aromatic N) is 1. The van der Waals surface area contributed by atoms with Gasteiger partial charge in [-0.3, -0.25) is 0 Å². The number of rotatable bonds is 3. The van der Waals surface area contributed by atoms with E-state index < -0.39 is 5.82 Å². The van der Waals surface area contributed by atoms with Gasteiger partial charge in [0, 0.05) is 22.3 Å². The summed E-state index contributed by atoms with van der Waals surface area (Å²) in [5.74, 6) is -0.0827. The highest BCUT2D eigenvalue weighted by Gasteiger charge is 2.08. The largest absolute Gasteiger partial charge is 0.439 e. The first-order valence-electron chi connectivity index (χ1n) is 4.98. The number of benzene rings is 1. The van der Waals surface area contributed by atoms with Crippen LogP contribution in [0.4, 0.5) is 4.39 Å². The van der Waals surface area contributed by atoms with Crippen molar-refractivity contribution < 1.29 is 14.2 Å². The lowest BCUT2D eigenvalue weighted by molar-refractivity contribution is 0.275. The lowest BCUT2D eigenvalue weighted by Gasteiger charge is -2.09. The number of aliphatic hydroxyl groups is 1. The molecule has 0 aliphatic carbocycles. The molecule has 0 aliphatic heterocycles. The second-order valence-corrected chi connectivity index (χ2v) is 4.78. The summed E-state index contributed by atoms with van der Waals surface area (Å²) in [6, 6.07) is 5.75. The van der Waals surface area contributed by atoms with Crippen molar-refractivity contribution in [2.24, 2.45) is 0 Å². The third-order valence-corrected chi connectivity index (χ3v) is 2.91. The van der Waals surface area contributed by atoms with E-state index in [1.807, 2.05) is 0 Å². The molecule has 3 nitrogen and oxygen atoms in total. The Kier molecular flexibility index (Phi) is 4.16. The molecule has 0 spiro atoms. The van der Waals surface area contributed by atoms with Crippen molar-refractivity contribution in [2.45, 2.75) is 6.61 Å². The van der Waals surface area contributed by atoms with E-state index in [1.165, 1.54) is 18.3 Å². The van der Waals surface area contributed by atoms with Crippen LogP contribution in [-0.4, -0.2) is 10.1 Å². The number of hydrogen-bond acceptors (Lipinski definition) is 3. The summed E-state index contributed by atoms with van der Waals surface area (Å²) >= 11 is 8.81.